The number of rotatable bonds is 7. The molecule has 1 amide bonds. The summed E-state index contributed by atoms with van der Waals surface area (Å²) in [4.78, 5) is 11.9. The monoisotopic (exact) mass is 278 g/mol. The smallest absolute Gasteiger partial charge is 0.221 e. The van der Waals surface area contributed by atoms with Crippen molar-refractivity contribution in [2.75, 3.05) is 13.7 Å². The fraction of sp³-hybridized carbons (Fsp3) is 0.562. The van der Waals surface area contributed by atoms with E-state index in [0.29, 0.717) is 19.0 Å². The Morgan fingerprint density at radius 1 is 1.30 bits per heavy atom. The molecule has 0 radical (unpaired) electrons. The molecule has 2 N–H and O–H groups in total. The molecule has 1 rings (SSSR count). The zero-order valence-corrected chi connectivity index (χ0v) is 13.1. The van der Waals surface area contributed by atoms with Crippen LogP contribution in [0.1, 0.15) is 44.4 Å². The van der Waals surface area contributed by atoms with Crippen LogP contribution in [0.5, 0.6) is 5.75 Å². The van der Waals surface area contributed by atoms with E-state index in [9.17, 15) is 4.79 Å². The normalized spacial score (nSPS) is 12.3. The van der Waals surface area contributed by atoms with Crippen LogP contribution in [0.2, 0.25) is 0 Å². The highest BCUT2D eigenvalue weighted by atomic mass is 16.5. The Hall–Kier alpha value is -1.55. The number of methoxy groups -OCH3 is 1. The summed E-state index contributed by atoms with van der Waals surface area (Å²) in [6.45, 7) is 8.84. The highest BCUT2D eigenvalue weighted by Gasteiger charge is 2.14. The van der Waals surface area contributed by atoms with Gasteiger partial charge >= 0.3 is 0 Å². The minimum Gasteiger partial charge on any atom is -0.496 e. The lowest BCUT2D eigenvalue weighted by molar-refractivity contribution is -0.121. The zero-order valence-electron chi connectivity index (χ0n) is 13.1. The Morgan fingerprint density at radius 2 is 2.00 bits per heavy atom. The summed E-state index contributed by atoms with van der Waals surface area (Å²) in [6, 6.07) is 6.33. The summed E-state index contributed by atoms with van der Waals surface area (Å²) in [5, 5.41) is 6.25. The van der Waals surface area contributed by atoms with Gasteiger partial charge in [0.1, 0.15) is 5.75 Å². The Labute approximate surface area is 121 Å². The van der Waals surface area contributed by atoms with Crippen LogP contribution in [0.4, 0.5) is 0 Å². The van der Waals surface area contributed by atoms with Crippen LogP contribution in [0.3, 0.4) is 0 Å². The molecular weight excluding hydrogens is 252 g/mol. The topological polar surface area (TPSA) is 50.4 Å². The second-order valence-corrected chi connectivity index (χ2v) is 5.39. The Morgan fingerprint density at radius 3 is 2.60 bits per heavy atom. The Balaban J connectivity index is 2.59. The molecule has 0 fully saturated rings. The third-order valence-corrected chi connectivity index (χ3v) is 3.13. The van der Waals surface area contributed by atoms with Gasteiger partial charge < -0.3 is 15.4 Å². The first kappa shape index (κ1) is 16.5. The molecule has 0 aliphatic heterocycles. The third kappa shape index (κ3) is 5.21. The van der Waals surface area contributed by atoms with Gasteiger partial charge in [-0.05, 0) is 19.9 Å². The van der Waals surface area contributed by atoms with Crippen LogP contribution in [-0.4, -0.2) is 25.6 Å². The molecule has 112 valence electrons. The van der Waals surface area contributed by atoms with Crippen molar-refractivity contribution in [3.63, 3.8) is 0 Å². The van der Waals surface area contributed by atoms with E-state index in [1.807, 2.05) is 26.0 Å². The van der Waals surface area contributed by atoms with Gasteiger partial charge in [0.25, 0.3) is 0 Å². The minimum absolute atomic E-state index is 0.0502. The van der Waals surface area contributed by atoms with Gasteiger partial charge in [0.15, 0.2) is 0 Å². The summed E-state index contributed by atoms with van der Waals surface area (Å²) in [7, 11) is 1.65. The second-order valence-electron chi connectivity index (χ2n) is 5.39. The van der Waals surface area contributed by atoms with Gasteiger partial charge in [0, 0.05) is 24.6 Å². The average Bonchev–Trinajstić information content (AvgIpc) is 2.38. The van der Waals surface area contributed by atoms with Crippen LogP contribution in [0.25, 0.3) is 0 Å². The van der Waals surface area contributed by atoms with Gasteiger partial charge in [-0.25, -0.2) is 0 Å². The van der Waals surface area contributed by atoms with Crippen LogP contribution in [0, 0.1) is 6.92 Å². The molecular formula is C16H26N2O2. The van der Waals surface area contributed by atoms with Crippen molar-refractivity contribution in [1.82, 2.24) is 10.6 Å². The van der Waals surface area contributed by atoms with Crippen molar-refractivity contribution in [3.05, 3.63) is 29.3 Å². The van der Waals surface area contributed by atoms with E-state index < -0.39 is 0 Å². The minimum atomic E-state index is -0.0589. The summed E-state index contributed by atoms with van der Waals surface area (Å²) >= 11 is 0. The van der Waals surface area contributed by atoms with E-state index in [4.69, 9.17) is 4.74 Å². The van der Waals surface area contributed by atoms with E-state index in [2.05, 4.69) is 30.5 Å². The number of amides is 1. The average molecular weight is 278 g/mol. The first-order chi connectivity index (χ1) is 9.43. The van der Waals surface area contributed by atoms with Gasteiger partial charge in [-0.15, -0.1) is 0 Å². The fourth-order valence-corrected chi connectivity index (χ4v) is 2.06. The molecule has 0 aromatic heterocycles. The number of carbonyl (C=O) groups excluding carboxylic acids is 1. The van der Waals surface area contributed by atoms with Gasteiger partial charge in [-0.2, -0.15) is 0 Å². The molecule has 1 atom stereocenters. The second kappa shape index (κ2) is 7.90. The molecule has 1 aromatic carbocycles. The first-order valence-corrected chi connectivity index (χ1v) is 7.11. The number of carbonyl (C=O) groups is 1. The fourth-order valence-electron chi connectivity index (χ4n) is 2.06. The van der Waals surface area contributed by atoms with Crippen LogP contribution >= 0.6 is 0 Å². The summed E-state index contributed by atoms with van der Waals surface area (Å²) < 4.78 is 5.35. The molecule has 0 saturated carbocycles. The van der Waals surface area contributed by atoms with Crippen molar-refractivity contribution in [1.29, 1.82) is 0 Å². The maximum atomic E-state index is 11.9. The molecule has 4 nitrogen and oxygen atoms in total. The lowest BCUT2D eigenvalue weighted by Gasteiger charge is -2.18. The molecule has 1 unspecified atom stereocenters. The quantitative estimate of drug-likeness (QED) is 0.806. The number of aryl methyl sites for hydroxylation is 1. The van der Waals surface area contributed by atoms with Crippen LogP contribution in [0.15, 0.2) is 18.2 Å². The van der Waals surface area contributed by atoms with Crippen LogP contribution < -0.4 is 15.4 Å². The van der Waals surface area contributed by atoms with Crippen molar-refractivity contribution in [2.45, 2.75) is 46.2 Å². The third-order valence-electron chi connectivity index (χ3n) is 3.13. The number of benzene rings is 1. The Kier molecular flexibility index (Phi) is 6.52. The lowest BCUT2D eigenvalue weighted by Crippen LogP contribution is -2.32. The van der Waals surface area contributed by atoms with Gasteiger partial charge in [-0.1, -0.05) is 31.5 Å². The molecule has 0 heterocycles. The molecule has 4 heteroatoms. The summed E-state index contributed by atoms with van der Waals surface area (Å²) in [6.07, 6.45) is 0.483. The predicted molar refractivity (Wildman–Crippen MR) is 82.0 cm³/mol. The highest BCUT2D eigenvalue weighted by molar-refractivity contribution is 5.76. The SMILES string of the molecule is COc1ccc(C)cc1C(C)NC(=O)CCNC(C)C. The number of hydrogen-bond donors (Lipinski definition) is 2. The number of ether oxygens (including phenoxy) is 1. The van der Waals surface area contributed by atoms with Gasteiger partial charge in [-0.3, -0.25) is 4.79 Å². The van der Waals surface area contributed by atoms with Crippen molar-refractivity contribution in [3.8, 4) is 5.75 Å². The van der Waals surface area contributed by atoms with E-state index in [1.165, 1.54) is 0 Å². The molecule has 0 spiro atoms. The maximum absolute atomic E-state index is 11.9. The van der Waals surface area contributed by atoms with Crippen LogP contribution in [-0.2, 0) is 4.79 Å². The van der Waals surface area contributed by atoms with Gasteiger partial charge in [0.2, 0.25) is 5.91 Å². The molecule has 0 aliphatic carbocycles. The first-order valence-electron chi connectivity index (χ1n) is 7.11. The standard InChI is InChI=1S/C16H26N2O2/c1-11(2)17-9-8-16(19)18-13(4)14-10-12(3)6-7-15(14)20-5/h6-7,10-11,13,17H,8-9H2,1-5H3,(H,18,19). The molecule has 0 aliphatic rings. The zero-order chi connectivity index (χ0) is 15.1. The van der Waals surface area contributed by atoms with E-state index in [-0.39, 0.29) is 11.9 Å². The predicted octanol–water partition coefficient (Wildman–Crippen LogP) is 2.57. The molecule has 20 heavy (non-hydrogen) atoms. The summed E-state index contributed by atoms with van der Waals surface area (Å²) in [5.41, 5.74) is 2.17. The van der Waals surface area contributed by atoms with E-state index >= 15 is 0 Å². The van der Waals surface area contributed by atoms with Crippen molar-refractivity contribution < 1.29 is 9.53 Å². The van der Waals surface area contributed by atoms with Crippen molar-refractivity contribution in [2.24, 2.45) is 0 Å². The van der Waals surface area contributed by atoms with Crippen molar-refractivity contribution >= 4 is 5.91 Å². The lowest BCUT2D eigenvalue weighted by atomic mass is 10.0. The highest BCUT2D eigenvalue weighted by Crippen LogP contribution is 2.25. The largest absolute Gasteiger partial charge is 0.496 e. The summed E-state index contributed by atoms with van der Waals surface area (Å²) in [5.74, 6) is 0.859. The molecule has 0 saturated heterocycles. The number of hydrogen-bond acceptors (Lipinski definition) is 3. The van der Waals surface area contributed by atoms with E-state index in [0.717, 1.165) is 16.9 Å². The van der Waals surface area contributed by atoms with Gasteiger partial charge in [0.05, 0.1) is 13.2 Å². The molecule has 1 aromatic rings. The Bertz CT molecular complexity index is 444. The maximum Gasteiger partial charge on any atom is 0.221 e. The van der Waals surface area contributed by atoms with E-state index in [1.54, 1.807) is 7.11 Å². The number of nitrogens with one attached hydrogen (secondary N) is 2. The molecule has 0 bridgehead atoms.